The molecule has 0 radical (unpaired) electrons. The van der Waals surface area contributed by atoms with Gasteiger partial charge in [-0.25, -0.2) is 0 Å². The molecule has 1 aliphatic heterocycles. The normalized spacial score (nSPS) is 18.6. The average Bonchev–Trinajstić information content (AvgIpc) is 2.88. The van der Waals surface area contributed by atoms with Crippen molar-refractivity contribution in [2.75, 3.05) is 39.9 Å². The van der Waals surface area contributed by atoms with Crippen LogP contribution in [0, 0.1) is 0 Å². The van der Waals surface area contributed by atoms with Crippen LogP contribution in [0.25, 0.3) is 0 Å². The first-order valence-electron chi connectivity index (χ1n) is 6.83. The molecule has 1 aliphatic rings. The minimum atomic E-state index is -0.256. The Morgan fingerprint density at radius 2 is 2.26 bits per heavy atom. The zero-order valence-corrected chi connectivity index (χ0v) is 11.8. The fraction of sp³-hybridized carbons (Fsp3) is 0.846. The van der Waals surface area contributed by atoms with Crippen LogP contribution in [-0.2, 0) is 19.1 Å². The predicted octanol–water partition coefficient (Wildman–Crippen LogP) is 0.167. The summed E-state index contributed by atoms with van der Waals surface area (Å²) in [5, 5.41) is 2.76. The van der Waals surface area contributed by atoms with Crippen molar-refractivity contribution in [2.24, 2.45) is 0 Å². The number of nitrogens with one attached hydrogen (secondary N) is 1. The van der Waals surface area contributed by atoms with Gasteiger partial charge in [0.05, 0.1) is 26.2 Å². The quantitative estimate of drug-likeness (QED) is 0.638. The topological polar surface area (TPSA) is 67.9 Å². The predicted molar refractivity (Wildman–Crippen MR) is 70.7 cm³/mol. The van der Waals surface area contributed by atoms with Crippen molar-refractivity contribution in [3.05, 3.63) is 0 Å². The number of nitrogens with zero attached hydrogens (tertiary/aromatic N) is 1. The molecule has 0 aromatic rings. The molecule has 6 nitrogen and oxygen atoms in total. The molecular weight excluding hydrogens is 248 g/mol. The minimum absolute atomic E-state index is 0.0228. The number of hydrogen-bond donors (Lipinski definition) is 1. The third-order valence-corrected chi connectivity index (χ3v) is 3.09. The average molecular weight is 272 g/mol. The highest BCUT2D eigenvalue weighted by Crippen LogP contribution is 2.13. The SMILES string of the molecule is CCNC(=O)CN(CCC(=O)OC)CC1CCCO1. The molecule has 0 saturated carbocycles. The molecule has 0 spiro atoms. The van der Waals surface area contributed by atoms with Crippen LogP contribution in [0.2, 0.25) is 0 Å². The van der Waals surface area contributed by atoms with E-state index in [4.69, 9.17) is 4.74 Å². The Hall–Kier alpha value is -1.14. The number of likely N-dealkylation sites (N-methyl/N-ethyl adjacent to an activating group) is 1. The summed E-state index contributed by atoms with van der Waals surface area (Å²) in [4.78, 5) is 24.8. The molecule has 1 atom stereocenters. The molecule has 110 valence electrons. The molecule has 1 unspecified atom stereocenters. The van der Waals surface area contributed by atoms with E-state index in [1.807, 2.05) is 11.8 Å². The van der Waals surface area contributed by atoms with E-state index in [0.717, 1.165) is 19.4 Å². The Bertz CT molecular complexity index is 290. The standard InChI is InChI=1S/C13H24N2O4/c1-3-14-12(16)10-15(7-6-13(17)18-2)9-11-5-4-8-19-11/h11H,3-10H2,1-2H3,(H,14,16). The van der Waals surface area contributed by atoms with Gasteiger partial charge in [0.15, 0.2) is 0 Å². The van der Waals surface area contributed by atoms with Gasteiger partial charge >= 0.3 is 5.97 Å². The van der Waals surface area contributed by atoms with Gasteiger partial charge in [-0.15, -0.1) is 0 Å². The van der Waals surface area contributed by atoms with Crippen molar-refractivity contribution < 1.29 is 19.1 Å². The summed E-state index contributed by atoms with van der Waals surface area (Å²) in [6.07, 6.45) is 2.55. The van der Waals surface area contributed by atoms with Crippen LogP contribution >= 0.6 is 0 Å². The molecule has 19 heavy (non-hydrogen) atoms. The molecule has 0 aliphatic carbocycles. The number of ether oxygens (including phenoxy) is 2. The van der Waals surface area contributed by atoms with Gasteiger partial charge in [0.25, 0.3) is 0 Å². The molecule has 0 bridgehead atoms. The number of rotatable bonds is 8. The Labute approximate surface area is 114 Å². The summed E-state index contributed by atoms with van der Waals surface area (Å²) in [6, 6.07) is 0. The van der Waals surface area contributed by atoms with Crippen LogP contribution in [0.3, 0.4) is 0 Å². The lowest BCUT2D eigenvalue weighted by Gasteiger charge is -2.24. The second kappa shape index (κ2) is 8.87. The van der Waals surface area contributed by atoms with Gasteiger partial charge in [-0.3, -0.25) is 14.5 Å². The lowest BCUT2D eigenvalue weighted by atomic mass is 10.2. The molecule has 1 amide bonds. The van der Waals surface area contributed by atoms with Crippen molar-refractivity contribution in [1.29, 1.82) is 0 Å². The number of carbonyl (C=O) groups is 2. The maximum Gasteiger partial charge on any atom is 0.306 e. The first-order valence-corrected chi connectivity index (χ1v) is 6.83. The molecule has 6 heteroatoms. The number of esters is 1. The molecular formula is C13H24N2O4. The van der Waals surface area contributed by atoms with Gasteiger partial charge in [-0.2, -0.15) is 0 Å². The van der Waals surface area contributed by atoms with Crippen LogP contribution in [0.1, 0.15) is 26.2 Å². The maximum atomic E-state index is 11.6. The van der Waals surface area contributed by atoms with E-state index in [2.05, 4.69) is 10.1 Å². The monoisotopic (exact) mass is 272 g/mol. The molecule has 0 aromatic heterocycles. The van der Waals surface area contributed by atoms with E-state index < -0.39 is 0 Å². The van der Waals surface area contributed by atoms with Crippen molar-refractivity contribution in [3.63, 3.8) is 0 Å². The fourth-order valence-corrected chi connectivity index (χ4v) is 2.12. The first kappa shape index (κ1) is 15.9. The molecule has 0 aromatic carbocycles. The zero-order chi connectivity index (χ0) is 14.1. The van der Waals surface area contributed by atoms with Gasteiger partial charge in [-0.05, 0) is 19.8 Å². The maximum absolute atomic E-state index is 11.6. The van der Waals surface area contributed by atoms with Crippen molar-refractivity contribution in [3.8, 4) is 0 Å². The van der Waals surface area contributed by atoms with Crippen LogP contribution in [0.4, 0.5) is 0 Å². The summed E-state index contributed by atoms with van der Waals surface area (Å²) < 4.78 is 10.2. The second-order valence-electron chi connectivity index (χ2n) is 4.65. The van der Waals surface area contributed by atoms with E-state index in [9.17, 15) is 9.59 Å². The van der Waals surface area contributed by atoms with Gasteiger partial charge in [0.2, 0.25) is 5.91 Å². The highest BCUT2D eigenvalue weighted by molar-refractivity contribution is 5.78. The van der Waals surface area contributed by atoms with Crippen molar-refractivity contribution >= 4 is 11.9 Å². The largest absolute Gasteiger partial charge is 0.469 e. The summed E-state index contributed by atoms with van der Waals surface area (Å²) in [5.74, 6) is -0.279. The lowest BCUT2D eigenvalue weighted by molar-refractivity contribution is -0.141. The Balaban J connectivity index is 2.40. The fourth-order valence-electron chi connectivity index (χ4n) is 2.12. The number of amides is 1. The highest BCUT2D eigenvalue weighted by atomic mass is 16.5. The number of carbonyl (C=O) groups excluding carboxylic acids is 2. The summed E-state index contributed by atoms with van der Waals surface area (Å²) in [6.45, 7) is 4.79. The summed E-state index contributed by atoms with van der Waals surface area (Å²) in [7, 11) is 1.37. The van der Waals surface area contributed by atoms with E-state index in [0.29, 0.717) is 32.6 Å². The van der Waals surface area contributed by atoms with E-state index in [1.54, 1.807) is 0 Å². The summed E-state index contributed by atoms with van der Waals surface area (Å²) >= 11 is 0. The highest BCUT2D eigenvalue weighted by Gasteiger charge is 2.21. The van der Waals surface area contributed by atoms with Crippen LogP contribution < -0.4 is 5.32 Å². The lowest BCUT2D eigenvalue weighted by Crippen LogP contribution is -2.41. The van der Waals surface area contributed by atoms with Crippen LogP contribution in [0.5, 0.6) is 0 Å². The van der Waals surface area contributed by atoms with E-state index in [-0.39, 0.29) is 18.0 Å². The Morgan fingerprint density at radius 3 is 2.84 bits per heavy atom. The molecule has 1 rings (SSSR count). The smallest absolute Gasteiger partial charge is 0.306 e. The number of hydrogen-bond acceptors (Lipinski definition) is 5. The third kappa shape index (κ3) is 6.54. The minimum Gasteiger partial charge on any atom is -0.469 e. The van der Waals surface area contributed by atoms with Gasteiger partial charge in [-0.1, -0.05) is 0 Å². The van der Waals surface area contributed by atoms with Gasteiger partial charge in [0.1, 0.15) is 0 Å². The van der Waals surface area contributed by atoms with Gasteiger partial charge in [0, 0.05) is 26.2 Å². The van der Waals surface area contributed by atoms with Crippen molar-refractivity contribution in [2.45, 2.75) is 32.3 Å². The Morgan fingerprint density at radius 1 is 1.47 bits per heavy atom. The van der Waals surface area contributed by atoms with Gasteiger partial charge < -0.3 is 14.8 Å². The zero-order valence-electron chi connectivity index (χ0n) is 11.8. The van der Waals surface area contributed by atoms with E-state index >= 15 is 0 Å². The first-order chi connectivity index (χ1) is 9.15. The Kier molecular flexibility index (Phi) is 7.43. The van der Waals surface area contributed by atoms with Crippen LogP contribution in [-0.4, -0.2) is 62.8 Å². The number of methoxy groups -OCH3 is 1. The third-order valence-electron chi connectivity index (χ3n) is 3.09. The van der Waals surface area contributed by atoms with Crippen LogP contribution in [0.15, 0.2) is 0 Å². The van der Waals surface area contributed by atoms with Crippen molar-refractivity contribution in [1.82, 2.24) is 10.2 Å². The van der Waals surface area contributed by atoms with E-state index in [1.165, 1.54) is 7.11 Å². The molecule has 1 heterocycles. The molecule has 1 fully saturated rings. The molecule has 1 saturated heterocycles. The molecule has 1 N–H and O–H groups in total. The second-order valence-corrected chi connectivity index (χ2v) is 4.65. The summed E-state index contributed by atoms with van der Waals surface area (Å²) in [5.41, 5.74) is 0.